The summed E-state index contributed by atoms with van der Waals surface area (Å²) in [6.07, 6.45) is 7.58. The molecule has 6 nitrogen and oxygen atoms in total. The summed E-state index contributed by atoms with van der Waals surface area (Å²) in [6.45, 7) is 2.18. The Morgan fingerprint density at radius 1 is 1.10 bits per heavy atom. The average molecular weight is 410 g/mol. The van der Waals surface area contributed by atoms with Crippen LogP contribution in [0, 0.1) is 10.1 Å². The average Bonchev–Trinajstić information content (AvgIpc) is 2.79. The lowest BCUT2D eigenvalue weighted by molar-refractivity contribution is -0.385. The van der Waals surface area contributed by atoms with Gasteiger partial charge in [-0.3, -0.25) is 14.9 Å². The van der Waals surface area contributed by atoms with E-state index in [1.807, 2.05) is 18.2 Å². The predicted octanol–water partition coefficient (Wildman–Crippen LogP) is 4.57. The summed E-state index contributed by atoms with van der Waals surface area (Å²) in [5, 5.41) is 14.7. The maximum atomic E-state index is 12.7. The Morgan fingerprint density at radius 3 is 2.53 bits per heavy atom. The fourth-order valence-corrected chi connectivity index (χ4v) is 4.18. The molecule has 0 aromatic heterocycles. The number of hydrogen-bond donors (Lipinski definition) is 1. The van der Waals surface area contributed by atoms with Crippen LogP contribution in [0.15, 0.2) is 48.5 Å². The molecule has 0 bridgehead atoms. The summed E-state index contributed by atoms with van der Waals surface area (Å²) in [4.78, 5) is 26.2. The summed E-state index contributed by atoms with van der Waals surface area (Å²) in [5.74, 6) is -0.124. The largest absolute Gasteiger partial charge is 0.312 e. The zero-order chi connectivity index (χ0) is 21.3. The van der Waals surface area contributed by atoms with Gasteiger partial charge in [-0.25, -0.2) is 0 Å². The second-order valence-corrected chi connectivity index (χ2v) is 8.10. The van der Waals surface area contributed by atoms with Crippen LogP contribution in [0.4, 0.5) is 5.69 Å². The number of carbonyl (C=O) groups excluding carboxylic acids is 1. The predicted molar refractivity (Wildman–Crippen MR) is 119 cm³/mol. The molecule has 6 heteroatoms. The molecule has 2 aromatic rings. The van der Waals surface area contributed by atoms with E-state index in [4.69, 9.17) is 0 Å². The minimum Gasteiger partial charge on any atom is -0.312 e. The standard InChI is InChI=1S/C24H31N3O3/c1-26(22-11-6-3-7-12-22)16-8-15-25-18-21-17-20(13-14-23(21)27(29)30)24(28)19-9-4-2-5-10-19/h2,4-5,9-10,13-14,17,22,25H,3,6-8,11-12,15-16,18H2,1H3. The number of carbonyl (C=O) groups is 1. The van der Waals surface area contributed by atoms with Gasteiger partial charge in [-0.05, 0) is 51.5 Å². The first-order valence-corrected chi connectivity index (χ1v) is 10.8. The van der Waals surface area contributed by atoms with Gasteiger partial charge in [0.25, 0.3) is 5.69 Å². The van der Waals surface area contributed by atoms with Crippen molar-refractivity contribution in [3.63, 3.8) is 0 Å². The Kier molecular flexibility index (Phi) is 8.11. The second kappa shape index (κ2) is 11.0. The molecule has 1 aliphatic carbocycles. The van der Waals surface area contributed by atoms with Gasteiger partial charge >= 0.3 is 0 Å². The lowest BCUT2D eigenvalue weighted by atomic mass is 9.94. The highest BCUT2D eigenvalue weighted by Gasteiger charge is 2.19. The summed E-state index contributed by atoms with van der Waals surface area (Å²) >= 11 is 0. The van der Waals surface area contributed by atoms with Gasteiger partial charge < -0.3 is 10.2 Å². The molecule has 1 N–H and O–H groups in total. The molecule has 0 saturated heterocycles. The van der Waals surface area contributed by atoms with Crippen LogP contribution in [0.25, 0.3) is 0 Å². The third-order valence-corrected chi connectivity index (χ3v) is 5.95. The number of hydrogen-bond acceptors (Lipinski definition) is 5. The van der Waals surface area contributed by atoms with Gasteiger partial charge in [-0.1, -0.05) is 49.6 Å². The molecule has 1 saturated carbocycles. The molecule has 0 radical (unpaired) electrons. The van der Waals surface area contributed by atoms with E-state index in [0.717, 1.165) is 19.5 Å². The van der Waals surface area contributed by atoms with Crippen molar-refractivity contribution in [1.82, 2.24) is 10.2 Å². The Morgan fingerprint density at radius 2 is 1.83 bits per heavy atom. The van der Waals surface area contributed by atoms with Gasteiger partial charge in [0, 0.05) is 35.3 Å². The third kappa shape index (κ3) is 5.97. The van der Waals surface area contributed by atoms with Crippen LogP contribution >= 0.6 is 0 Å². The molecule has 0 heterocycles. The molecule has 1 aliphatic rings. The van der Waals surface area contributed by atoms with Crippen LogP contribution in [-0.4, -0.2) is 41.8 Å². The molecule has 0 aliphatic heterocycles. The van der Waals surface area contributed by atoms with E-state index in [2.05, 4.69) is 17.3 Å². The normalized spacial score (nSPS) is 14.7. The monoisotopic (exact) mass is 409 g/mol. The third-order valence-electron chi connectivity index (χ3n) is 5.95. The van der Waals surface area contributed by atoms with E-state index in [9.17, 15) is 14.9 Å². The fraction of sp³-hybridized carbons (Fsp3) is 0.458. The number of nitrogens with zero attached hydrogens (tertiary/aromatic N) is 2. The van der Waals surface area contributed by atoms with Gasteiger partial charge in [-0.15, -0.1) is 0 Å². The quantitative estimate of drug-likeness (QED) is 0.269. The van der Waals surface area contributed by atoms with Gasteiger partial charge in [0.1, 0.15) is 0 Å². The van der Waals surface area contributed by atoms with Crippen molar-refractivity contribution in [3.8, 4) is 0 Å². The highest BCUT2D eigenvalue weighted by Crippen LogP contribution is 2.23. The number of benzene rings is 2. The summed E-state index contributed by atoms with van der Waals surface area (Å²) in [6, 6.07) is 14.3. The number of rotatable bonds is 10. The van der Waals surface area contributed by atoms with E-state index in [1.54, 1.807) is 18.2 Å². The van der Waals surface area contributed by atoms with Crippen molar-refractivity contribution in [3.05, 3.63) is 75.3 Å². The first-order valence-electron chi connectivity index (χ1n) is 10.8. The molecule has 3 rings (SSSR count). The topological polar surface area (TPSA) is 75.5 Å². The minimum absolute atomic E-state index is 0.0476. The molecular weight excluding hydrogens is 378 g/mol. The zero-order valence-corrected chi connectivity index (χ0v) is 17.7. The molecule has 0 atom stereocenters. The summed E-state index contributed by atoms with van der Waals surface area (Å²) in [5.41, 5.74) is 1.64. The van der Waals surface area contributed by atoms with Crippen LogP contribution in [0.2, 0.25) is 0 Å². The number of nitro groups is 1. The molecule has 30 heavy (non-hydrogen) atoms. The zero-order valence-electron chi connectivity index (χ0n) is 17.7. The minimum atomic E-state index is -0.384. The van der Waals surface area contributed by atoms with Crippen molar-refractivity contribution in [2.45, 2.75) is 51.1 Å². The van der Waals surface area contributed by atoms with Crippen LogP contribution in [0.1, 0.15) is 60.0 Å². The first kappa shape index (κ1) is 22.1. The van der Waals surface area contributed by atoms with Crippen molar-refractivity contribution < 1.29 is 9.72 Å². The first-order chi connectivity index (χ1) is 14.6. The van der Waals surface area contributed by atoms with Crippen LogP contribution in [0.3, 0.4) is 0 Å². The van der Waals surface area contributed by atoms with Crippen molar-refractivity contribution in [2.24, 2.45) is 0 Å². The fourth-order valence-electron chi connectivity index (χ4n) is 4.18. The van der Waals surface area contributed by atoms with Crippen LogP contribution < -0.4 is 5.32 Å². The van der Waals surface area contributed by atoms with Crippen molar-refractivity contribution in [1.29, 1.82) is 0 Å². The van der Waals surface area contributed by atoms with E-state index >= 15 is 0 Å². The second-order valence-electron chi connectivity index (χ2n) is 8.10. The lowest BCUT2D eigenvalue weighted by Crippen LogP contribution is -2.35. The van der Waals surface area contributed by atoms with Crippen molar-refractivity contribution in [2.75, 3.05) is 20.1 Å². The maximum absolute atomic E-state index is 12.7. The van der Waals surface area contributed by atoms with Crippen LogP contribution in [0.5, 0.6) is 0 Å². The Balaban J connectivity index is 1.56. The Hall–Kier alpha value is -2.57. The lowest BCUT2D eigenvalue weighted by Gasteiger charge is -2.31. The van der Waals surface area contributed by atoms with Gasteiger partial charge in [0.15, 0.2) is 5.78 Å². The molecule has 1 fully saturated rings. The van der Waals surface area contributed by atoms with Gasteiger partial charge in [0.05, 0.1) is 4.92 Å². The summed E-state index contributed by atoms with van der Waals surface area (Å²) in [7, 11) is 2.19. The molecule has 0 amide bonds. The highest BCUT2D eigenvalue weighted by molar-refractivity contribution is 6.09. The molecule has 160 valence electrons. The smallest absolute Gasteiger partial charge is 0.273 e. The SMILES string of the molecule is CN(CCCNCc1cc(C(=O)c2ccccc2)ccc1[N+](=O)[O-])C1CCCCC1. The Labute approximate surface area is 178 Å². The van der Waals surface area contributed by atoms with E-state index in [-0.39, 0.29) is 16.4 Å². The highest BCUT2D eigenvalue weighted by atomic mass is 16.6. The molecule has 2 aromatic carbocycles. The van der Waals surface area contributed by atoms with Crippen molar-refractivity contribution >= 4 is 11.5 Å². The van der Waals surface area contributed by atoms with Gasteiger partial charge in [0.2, 0.25) is 0 Å². The van der Waals surface area contributed by atoms with Gasteiger partial charge in [-0.2, -0.15) is 0 Å². The Bertz CT molecular complexity index is 848. The van der Waals surface area contributed by atoms with E-state index in [0.29, 0.717) is 29.3 Å². The molecule has 0 spiro atoms. The number of nitrogens with one attached hydrogen (secondary N) is 1. The summed E-state index contributed by atoms with van der Waals surface area (Å²) < 4.78 is 0. The van der Waals surface area contributed by atoms with Crippen LogP contribution in [-0.2, 0) is 6.54 Å². The van der Waals surface area contributed by atoms with E-state index < -0.39 is 0 Å². The molecule has 0 unspecified atom stereocenters. The number of ketones is 1. The maximum Gasteiger partial charge on any atom is 0.273 e. The molecular formula is C24H31N3O3. The number of nitro benzene ring substituents is 1. The van der Waals surface area contributed by atoms with E-state index in [1.165, 1.54) is 44.2 Å².